The second-order valence-corrected chi connectivity index (χ2v) is 3.50. The minimum Gasteiger partial charge on any atom is -0.369 e. The topological polar surface area (TPSA) is 95.1 Å². The quantitative estimate of drug-likeness (QED) is 0.403. The molecule has 0 saturated carbocycles. The van der Waals surface area contributed by atoms with Gasteiger partial charge in [-0.2, -0.15) is 0 Å². The van der Waals surface area contributed by atoms with Gasteiger partial charge in [-0.25, -0.2) is 0 Å². The monoisotopic (exact) mass is 197 g/mol. The van der Waals surface area contributed by atoms with E-state index >= 15 is 0 Å². The maximum atomic E-state index is 10.9. The van der Waals surface area contributed by atoms with E-state index in [9.17, 15) is 4.79 Å². The second-order valence-electron chi connectivity index (χ2n) is 3.50. The molecule has 0 bridgehead atoms. The van der Waals surface area contributed by atoms with Crippen LogP contribution in [0.15, 0.2) is 5.11 Å². The lowest BCUT2D eigenvalue weighted by molar-refractivity contribution is -0.123. The minimum atomic E-state index is -0.224. The molecule has 0 aromatic carbocycles. The zero-order valence-corrected chi connectivity index (χ0v) is 8.09. The first-order valence-corrected chi connectivity index (χ1v) is 4.76. The van der Waals surface area contributed by atoms with Crippen LogP contribution in [0.4, 0.5) is 0 Å². The van der Waals surface area contributed by atoms with Gasteiger partial charge in [0, 0.05) is 24.5 Å². The van der Waals surface area contributed by atoms with E-state index < -0.39 is 0 Å². The number of azide groups is 1. The van der Waals surface area contributed by atoms with Crippen molar-refractivity contribution in [3.8, 4) is 0 Å². The van der Waals surface area contributed by atoms with Crippen molar-refractivity contribution in [1.29, 1.82) is 0 Å². The molecule has 14 heavy (non-hydrogen) atoms. The Labute approximate surface area is 82.7 Å². The molecular formula is C8H15N5O. The van der Waals surface area contributed by atoms with Crippen LogP contribution in [0.5, 0.6) is 0 Å². The number of hydrogen-bond acceptors (Lipinski definition) is 3. The summed E-state index contributed by atoms with van der Waals surface area (Å²) >= 11 is 0. The fraction of sp³-hybridized carbons (Fsp3) is 0.875. The summed E-state index contributed by atoms with van der Waals surface area (Å²) in [6.07, 6.45) is 1.87. The molecule has 2 N–H and O–H groups in total. The van der Waals surface area contributed by atoms with Gasteiger partial charge in [0.1, 0.15) is 0 Å². The number of likely N-dealkylation sites (tertiary alicyclic amines) is 1. The van der Waals surface area contributed by atoms with E-state index in [1.165, 1.54) is 0 Å². The Morgan fingerprint density at radius 1 is 1.71 bits per heavy atom. The summed E-state index contributed by atoms with van der Waals surface area (Å²) in [5, 5.41) is 3.46. The van der Waals surface area contributed by atoms with E-state index in [2.05, 4.69) is 14.9 Å². The van der Waals surface area contributed by atoms with E-state index in [1.807, 2.05) is 0 Å². The van der Waals surface area contributed by atoms with Crippen LogP contribution in [-0.2, 0) is 4.79 Å². The molecule has 0 radical (unpaired) electrons. The predicted molar refractivity (Wildman–Crippen MR) is 52.4 cm³/mol. The van der Waals surface area contributed by atoms with Gasteiger partial charge in [0.2, 0.25) is 5.91 Å². The molecule has 0 aromatic heterocycles. The highest BCUT2D eigenvalue weighted by Gasteiger charge is 2.23. The van der Waals surface area contributed by atoms with Gasteiger partial charge < -0.3 is 10.6 Å². The van der Waals surface area contributed by atoms with Gasteiger partial charge in [-0.05, 0) is 24.9 Å². The highest BCUT2D eigenvalue weighted by molar-refractivity contribution is 5.76. The summed E-state index contributed by atoms with van der Waals surface area (Å²) in [5.41, 5.74) is 13.3. The summed E-state index contributed by atoms with van der Waals surface area (Å²) in [5.74, 6) is -0.256. The van der Waals surface area contributed by atoms with Crippen LogP contribution >= 0.6 is 0 Å². The Morgan fingerprint density at radius 2 is 2.50 bits per heavy atom. The van der Waals surface area contributed by atoms with Gasteiger partial charge in [-0.3, -0.25) is 4.79 Å². The average Bonchev–Trinajstić information content (AvgIpc) is 2.19. The summed E-state index contributed by atoms with van der Waals surface area (Å²) in [4.78, 5) is 15.7. The van der Waals surface area contributed by atoms with E-state index in [0.29, 0.717) is 19.6 Å². The van der Waals surface area contributed by atoms with Crippen molar-refractivity contribution in [2.24, 2.45) is 16.8 Å². The number of nitrogens with zero attached hydrogens (tertiary/aromatic N) is 4. The molecule has 1 amide bonds. The van der Waals surface area contributed by atoms with Gasteiger partial charge in [-0.15, -0.1) is 0 Å². The zero-order chi connectivity index (χ0) is 10.4. The minimum absolute atomic E-state index is 0.0326. The van der Waals surface area contributed by atoms with Gasteiger partial charge in [0.25, 0.3) is 0 Å². The van der Waals surface area contributed by atoms with E-state index in [1.54, 1.807) is 0 Å². The molecule has 6 nitrogen and oxygen atoms in total. The number of carbonyl (C=O) groups is 1. The third-order valence-corrected chi connectivity index (χ3v) is 2.49. The normalized spacial score (nSPS) is 22.7. The van der Waals surface area contributed by atoms with Crippen LogP contribution in [0, 0.1) is 5.92 Å². The highest BCUT2D eigenvalue weighted by Crippen LogP contribution is 2.15. The van der Waals surface area contributed by atoms with Crippen molar-refractivity contribution in [3.05, 3.63) is 10.4 Å². The Kier molecular flexibility index (Phi) is 4.22. The molecule has 1 saturated heterocycles. The number of carbonyl (C=O) groups excluding carboxylic acids is 1. The fourth-order valence-electron chi connectivity index (χ4n) is 1.72. The maximum Gasteiger partial charge on any atom is 0.221 e. The Hall–Kier alpha value is -1.26. The maximum absolute atomic E-state index is 10.9. The molecule has 78 valence electrons. The smallest absolute Gasteiger partial charge is 0.221 e. The molecule has 1 unspecified atom stereocenters. The van der Waals surface area contributed by atoms with Crippen LogP contribution in [0.2, 0.25) is 0 Å². The summed E-state index contributed by atoms with van der Waals surface area (Å²) in [6.45, 7) is 2.84. The SMILES string of the molecule is [N-]=[N+]=NCCN1CCCC(C(N)=O)C1. The predicted octanol–water partition coefficient (Wildman–Crippen LogP) is 0.494. The van der Waals surface area contributed by atoms with Gasteiger partial charge in [-0.1, -0.05) is 5.11 Å². The second kappa shape index (κ2) is 5.47. The zero-order valence-electron chi connectivity index (χ0n) is 8.09. The number of nitrogens with two attached hydrogens (primary N) is 1. The number of rotatable bonds is 4. The van der Waals surface area contributed by atoms with Gasteiger partial charge >= 0.3 is 0 Å². The van der Waals surface area contributed by atoms with Crippen LogP contribution in [0.1, 0.15) is 12.8 Å². The van der Waals surface area contributed by atoms with Crippen LogP contribution in [0.3, 0.4) is 0 Å². The Morgan fingerprint density at radius 3 is 3.14 bits per heavy atom. The van der Waals surface area contributed by atoms with Crippen LogP contribution < -0.4 is 5.73 Å². The highest BCUT2D eigenvalue weighted by atomic mass is 16.1. The lowest BCUT2D eigenvalue weighted by Gasteiger charge is -2.30. The van der Waals surface area contributed by atoms with Crippen LogP contribution in [-0.4, -0.2) is 37.0 Å². The van der Waals surface area contributed by atoms with Gasteiger partial charge in [0.05, 0.1) is 5.92 Å². The number of hydrogen-bond donors (Lipinski definition) is 1. The van der Waals surface area contributed by atoms with Crippen molar-refractivity contribution in [2.75, 3.05) is 26.2 Å². The summed E-state index contributed by atoms with van der Waals surface area (Å²) in [6, 6.07) is 0. The van der Waals surface area contributed by atoms with Gasteiger partial charge in [0.15, 0.2) is 0 Å². The number of primary amides is 1. The Bertz CT molecular complexity index is 248. The number of piperidine rings is 1. The van der Waals surface area contributed by atoms with Crippen molar-refractivity contribution in [3.63, 3.8) is 0 Å². The van der Waals surface area contributed by atoms with E-state index in [4.69, 9.17) is 11.3 Å². The first kappa shape index (κ1) is 10.8. The average molecular weight is 197 g/mol. The molecule has 1 aliphatic rings. The van der Waals surface area contributed by atoms with E-state index in [0.717, 1.165) is 19.4 Å². The van der Waals surface area contributed by atoms with Crippen molar-refractivity contribution in [2.45, 2.75) is 12.8 Å². The van der Waals surface area contributed by atoms with Crippen molar-refractivity contribution >= 4 is 5.91 Å². The third kappa shape index (κ3) is 3.24. The summed E-state index contributed by atoms with van der Waals surface area (Å²) < 4.78 is 0. The fourth-order valence-corrected chi connectivity index (χ4v) is 1.72. The Balaban J connectivity index is 2.32. The lowest BCUT2D eigenvalue weighted by atomic mass is 9.98. The molecule has 1 fully saturated rings. The molecule has 0 spiro atoms. The molecule has 0 aliphatic carbocycles. The molecule has 1 atom stereocenters. The van der Waals surface area contributed by atoms with Crippen LogP contribution in [0.25, 0.3) is 10.4 Å². The first-order valence-electron chi connectivity index (χ1n) is 4.76. The largest absolute Gasteiger partial charge is 0.369 e. The summed E-state index contributed by atoms with van der Waals surface area (Å²) in [7, 11) is 0. The van der Waals surface area contributed by atoms with E-state index in [-0.39, 0.29) is 11.8 Å². The molecule has 1 rings (SSSR count). The van der Waals surface area contributed by atoms with Crippen molar-refractivity contribution in [1.82, 2.24) is 4.90 Å². The molecule has 1 aliphatic heterocycles. The molecule has 6 heteroatoms. The molecular weight excluding hydrogens is 182 g/mol. The first-order chi connectivity index (χ1) is 6.74. The number of amides is 1. The third-order valence-electron chi connectivity index (χ3n) is 2.49. The lowest BCUT2D eigenvalue weighted by Crippen LogP contribution is -2.42. The molecule has 1 heterocycles. The standard InChI is InChI=1S/C8H15N5O/c9-8(14)7-2-1-4-13(6-7)5-3-11-12-10/h7H,1-6H2,(H2,9,14). The van der Waals surface area contributed by atoms with Crippen molar-refractivity contribution < 1.29 is 4.79 Å². The molecule has 0 aromatic rings.